The van der Waals surface area contributed by atoms with Crippen molar-refractivity contribution in [2.75, 3.05) is 44.8 Å². The minimum absolute atomic E-state index is 0.0125. The van der Waals surface area contributed by atoms with Gasteiger partial charge in [0, 0.05) is 30.9 Å². The normalized spacial score (nSPS) is 11.0. The zero-order valence-electron chi connectivity index (χ0n) is 21.5. The zero-order valence-corrected chi connectivity index (χ0v) is 21.5. The number of carboxylic acids is 1. The lowest BCUT2D eigenvalue weighted by molar-refractivity contribution is -0.136. The van der Waals surface area contributed by atoms with Crippen molar-refractivity contribution in [1.29, 1.82) is 0 Å². The Bertz CT molecular complexity index is 962. The Labute approximate surface area is 208 Å². The number of nitrogens with zero attached hydrogens (tertiary/aromatic N) is 4. The van der Waals surface area contributed by atoms with Crippen LogP contribution in [0.3, 0.4) is 0 Å². The minimum atomic E-state index is -0.860. The number of nitrogen functional groups attached to an aromatic ring is 1. The Kier molecular flexibility index (Phi) is 11.4. The van der Waals surface area contributed by atoms with Crippen molar-refractivity contribution in [2.45, 2.75) is 58.9 Å². The molecule has 2 aromatic rings. The molecule has 0 saturated heterocycles. The van der Waals surface area contributed by atoms with Gasteiger partial charge in [0.15, 0.2) is 0 Å². The predicted molar refractivity (Wildman–Crippen MR) is 139 cm³/mol. The second-order valence-corrected chi connectivity index (χ2v) is 9.17. The molecule has 0 aliphatic carbocycles. The number of rotatable bonds is 15. The summed E-state index contributed by atoms with van der Waals surface area (Å²) in [6, 6.07) is 7.40. The predicted octanol–water partition coefficient (Wildman–Crippen LogP) is 3.12. The number of nitrogens with two attached hydrogens (primary N) is 1. The second kappa shape index (κ2) is 14.3. The monoisotopic (exact) mass is 484 g/mol. The van der Waals surface area contributed by atoms with Gasteiger partial charge >= 0.3 is 5.97 Å². The van der Waals surface area contributed by atoms with Gasteiger partial charge in [-0.1, -0.05) is 44.0 Å². The summed E-state index contributed by atoms with van der Waals surface area (Å²) >= 11 is 0. The maximum atomic E-state index is 12.9. The largest absolute Gasteiger partial charge is 0.481 e. The van der Waals surface area contributed by atoms with Gasteiger partial charge in [0.05, 0.1) is 13.0 Å². The van der Waals surface area contributed by atoms with Crippen LogP contribution in [0.4, 0.5) is 11.8 Å². The Morgan fingerprint density at radius 2 is 1.74 bits per heavy atom. The molecule has 0 saturated carbocycles. The van der Waals surface area contributed by atoms with E-state index in [2.05, 4.69) is 22.2 Å². The zero-order chi connectivity index (χ0) is 25.8. The fraction of sp³-hybridized carbons (Fsp3) is 0.538. The van der Waals surface area contributed by atoms with Crippen molar-refractivity contribution < 1.29 is 14.7 Å². The fourth-order valence-electron chi connectivity index (χ4n) is 3.91. The van der Waals surface area contributed by atoms with E-state index < -0.39 is 5.97 Å². The molecular formula is C26H40N6O3. The number of nitrogens with one attached hydrogen (secondary N) is 1. The van der Waals surface area contributed by atoms with Crippen molar-refractivity contribution in [3.8, 4) is 0 Å². The van der Waals surface area contributed by atoms with Crippen LogP contribution in [0.15, 0.2) is 24.3 Å². The molecular weight excluding hydrogens is 444 g/mol. The fourth-order valence-corrected chi connectivity index (χ4v) is 3.91. The second-order valence-electron chi connectivity index (χ2n) is 9.17. The van der Waals surface area contributed by atoms with E-state index >= 15 is 0 Å². The first-order valence-corrected chi connectivity index (χ1v) is 12.3. The Morgan fingerprint density at radius 1 is 1.06 bits per heavy atom. The average molecular weight is 485 g/mol. The van der Waals surface area contributed by atoms with Crippen molar-refractivity contribution in [3.63, 3.8) is 0 Å². The molecule has 0 fully saturated rings. The summed E-state index contributed by atoms with van der Waals surface area (Å²) < 4.78 is 0. The minimum Gasteiger partial charge on any atom is -0.481 e. The number of hydrogen-bond donors (Lipinski definition) is 3. The lowest BCUT2D eigenvalue weighted by Gasteiger charge is -2.25. The number of carbonyl (C=O) groups excluding carboxylic acids is 1. The number of carboxylic acid groups (broad SMARTS) is 1. The van der Waals surface area contributed by atoms with Crippen molar-refractivity contribution >= 4 is 23.6 Å². The van der Waals surface area contributed by atoms with E-state index in [1.165, 1.54) is 0 Å². The summed E-state index contributed by atoms with van der Waals surface area (Å²) in [6.07, 6.45) is 4.85. The summed E-state index contributed by atoms with van der Waals surface area (Å²) in [5.41, 5.74) is 9.50. The SMILES string of the molecule is CCCCCNc1nc(N)nc(C)c1CCCN(Cc1ccc(CC(=O)O)cc1)C(=O)CN(C)C. The van der Waals surface area contributed by atoms with Gasteiger partial charge in [0.2, 0.25) is 11.9 Å². The molecule has 0 bridgehead atoms. The molecule has 1 aromatic carbocycles. The summed E-state index contributed by atoms with van der Waals surface area (Å²) in [6.45, 7) is 6.33. The van der Waals surface area contributed by atoms with E-state index in [1.54, 1.807) is 0 Å². The van der Waals surface area contributed by atoms with Crippen LogP contribution in [0.1, 0.15) is 55.0 Å². The highest BCUT2D eigenvalue weighted by Crippen LogP contribution is 2.20. The molecule has 0 spiro atoms. The van der Waals surface area contributed by atoms with Gasteiger partial charge in [-0.2, -0.15) is 4.98 Å². The van der Waals surface area contributed by atoms with Crippen LogP contribution in [-0.4, -0.2) is 70.5 Å². The molecule has 0 atom stereocenters. The van der Waals surface area contributed by atoms with Gasteiger partial charge in [-0.3, -0.25) is 9.59 Å². The number of aliphatic carboxylic acids is 1. The van der Waals surface area contributed by atoms with Crippen LogP contribution < -0.4 is 11.1 Å². The van der Waals surface area contributed by atoms with Crippen LogP contribution in [0.2, 0.25) is 0 Å². The quantitative estimate of drug-likeness (QED) is 0.329. The smallest absolute Gasteiger partial charge is 0.307 e. The van der Waals surface area contributed by atoms with Crippen LogP contribution in [0.25, 0.3) is 0 Å². The third kappa shape index (κ3) is 9.90. The van der Waals surface area contributed by atoms with Crippen molar-refractivity contribution in [3.05, 3.63) is 46.6 Å². The maximum absolute atomic E-state index is 12.9. The number of hydrogen-bond acceptors (Lipinski definition) is 7. The lowest BCUT2D eigenvalue weighted by atomic mass is 10.1. The van der Waals surface area contributed by atoms with Gasteiger partial charge in [-0.15, -0.1) is 0 Å². The molecule has 2 rings (SSSR count). The van der Waals surface area contributed by atoms with Crippen molar-refractivity contribution in [2.24, 2.45) is 0 Å². The van der Waals surface area contributed by atoms with Crippen LogP contribution in [-0.2, 0) is 29.0 Å². The standard InChI is InChI=1S/C26H40N6O3/c1-5-6-7-14-28-25-22(19(2)29-26(27)30-25)9-8-15-32(23(33)18-31(3)4)17-21-12-10-20(11-13-21)16-24(34)35/h10-13H,5-9,14-18H2,1-4H3,(H,34,35)(H3,27,28,29,30). The molecule has 192 valence electrons. The number of aromatic nitrogens is 2. The molecule has 4 N–H and O–H groups in total. The molecule has 0 unspecified atom stereocenters. The summed E-state index contributed by atoms with van der Waals surface area (Å²) in [5.74, 6) is 0.235. The first-order valence-electron chi connectivity index (χ1n) is 12.3. The first-order chi connectivity index (χ1) is 16.7. The van der Waals surface area contributed by atoms with E-state index in [0.29, 0.717) is 19.6 Å². The molecule has 1 amide bonds. The summed E-state index contributed by atoms with van der Waals surface area (Å²) in [5, 5.41) is 12.4. The number of aryl methyl sites for hydroxylation is 1. The third-order valence-electron chi connectivity index (χ3n) is 5.71. The average Bonchev–Trinajstić information content (AvgIpc) is 2.77. The molecule has 0 aliphatic rings. The van der Waals surface area contributed by atoms with E-state index in [0.717, 1.165) is 66.9 Å². The van der Waals surface area contributed by atoms with E-state index in [1.807, 2.05) is 55.1 Å². The van der Waals surface area contributed by atoms with Gasteiger partial charge in [0.25, 0.3) is 0 Å². The topological polar surface area (TPSA) is 125 Å². The number of unbranched alkanes of at least 4 members (excludes halogenated alkanes) is 2. The van der Waals surface area contributed by atoms with E-state index in [4.69, 9.17) is 10.8 Å². The molecule has 9 nitrogen and oxygen atoms in total. The highest BCUT2D eigenvalue weighted by molar-refractivity contribution is 5.78. The Balaban J connectivity index is 2.08. The molecule has 1 heterocycles. The highest BCUT2D eigenvalue weighted by atomic mass is 16.4. The molecule has 9 heteroatoms. The Hall–Kier alpha value is -3.20. The Morgan fingerprint density at radius 3 is 2.37 bits per heavy atom. The molecule has 0 radical (unpaired) electrons. The first kappa shape index (κ1) is 28.0. The van der Waals surface area contributed by atoms with Crippen LogP contribution in [0, 0.1) is 6.92 Å². The van der Waals surface area contributed by atoms with Crippen LogP contribution in [0.5, 0.6) is 0 Å². The molecule has 0 aliphatic heterocycles. The number of carbonyl (C=O) groups is 2. The molecule has 1 aromatic heterocycles. The van der Waals surface area contributed by atoms with E-state index in [-0.39, 0.29) is 18.3 Å². The van der Waals surface area contributed by atoms with Gasteiger partial charge in [-0.05, 0) is 51.4 Å². The number of amides is 1. The van der Waals surface area contributed by atoms with Crippen LogP contribution >= 0.6 is 0 Å². The number of benzene rings is 1. The van der Waals surface area contributed by atoms with Gasteiger partial charge < -0.3 is 26.0 Å². The summed E-state index contributed by atoms with van der Waals surface area (Å²) in [4.78, 5) is 36.4. The third-order valence-corrected chi connectivity index (χ3v) is 5.71. The maximum Gasteiger partial charge on any atom is 0.307 e. The molecule has 35 heavy (non-hydrogen) atoms. The van der Waals surface area contributed by atoms with Gasteiger partial charge in [-0.25, -0.2) is 4.98 Å². The summed E-state index contributed by atoms with van der Waals surface area (Å²) in [7, 11) is 3.75. The number of anilines is 2. The highest BCUT2D eigenvalue weighted by Gasteiger charge is 2.17. The van der Waals surface area contributed by atoms with Gasteiger partial charge in [0.1, 0.15) is 5.82 Å². The van der Waals surface area contributed by atoms with E-state index in [9.17, 15) is 9.59 Å². The lowest BCUT2D eigenvalue weighted by Crippen LogP contribution is -2.38. The number of likely N-dealkylation sites (N-methyl/N-ethyl adjacent to an activating group) is 1. The van der Waals surface area contributed by atoms with Crippen molar-refractivity contribution in [1.82, 2.24) is 19.8 Å².